The van der Waals surface area contributed by atoms with E-state index in [1.165, 1.54) is 0 Å². The molecule has 20 heavy (non-hydrogen) atoms. The molecule has 0 aliphatic rings. The van der Waals surface area contributed by atoms with Crippen LogP contribution in [0.2, 0.25) is 0 Å². The number of hydrogen-bond acceptors (Lipinski definition) is 3. The van der Waals surface area contributed by atoms with Gasteiger partial charge in [0.15, 0.2) is 5.78 Å². The fourth-order valence-electron chi connectivity index (χ4n) is 2.18. The first-order valence-corrected chi connectivity index (χ1v) is 6.54. The summed E-state index contributed by atoms with van der Waals surface area (Å²) in [6, 6.07) is 15.0. The van der Waals surface area contributed by atoms with Crippen LogP contribution >= 0.6 is 0 Å². The normalized spacial score (nSPS) is 10.1. The van der Waals surface area contributed by atoms with E-state index in [2.05, 4.69) is 0 Å². The smallest absolute Gasteiger partial charge is 0.163 e. The molecule has 3 nitrogen and oxygen atoms in total. The van der Waals surface area contributed by atoms with E-state index in [9.17, 15) is 4.79 Å². The fourth-order valence-corrected chi connectivity index (χ4v) is 2.18. The van der Waals surface area contributed by atoms with Crippen LogP contribution in [-0.4, -0.2) is 20.0 Å². The summed E-state index contributed by atoms with van der Waals surface area (Å²) in [7, 11) is 3.24. The number of methoxy groups -OCH3 is 2. The van der Waals surface area contributed by atoms with E-state index < -0.39 is 0 Å². The molecule has 0 saturated carbocycles. The molecule has 0 N–H and O–H groups in total. The SMILES string of the molecule is COc1cccc(OC)c1CCC(=O)c1ccccc1. The third kappa shape index (κ3) is 3.18. The van der Waals surface area contributed by atoms with Crippen molar-refractivity contribution in [2.45, 2.75) is 12.8 Å². The summed E-state index contributed by atoms with van der Waals surface area (Å²) in [5.41, 5.74) is 1.67. The Morgan fingerprint density at radius 1 is 0.900 bits per heavy atom. The van der Waals surface area contributed by atoms with Gasteiger partial charge in [-0.3, -0.25) is 4.79 Å². The molecule has 3 heteroatoms. The lowest BCUT2D eigenvalue weighted by Crippen LogP contribution is -2.03. The van der Waals surface area contributed by atoms with Crippen LogP contribution in [0.1, 0.15) is 22.3 Å². The Hall–Kier alpha value is -2.29. The number of ether oxygens (including phenoxy) is 2. The second kappa shape index (κ2) is 6.75. The zero-order valence-electron chi connectivity index (χ0n) is 11.8. The maximum absolute atomic E-state index is 12.1. The van der Waals surface area contributed by atoms with Crippen LogP contribution in [0.15, 0.2) is 48.5 Å². The maximum Gasteiger partial charge on any atom is 0.163 e. The molecular weight excluding hydrogens is 252 g/mol. The van der Waals surface area contributed by atoms with Crippen LogP contribution in [0.25, 0.3) is 0 Å². The van der Waals surface area contributed by atoms with Crippen LogP contribution in [0.5, 0.6) is 11.5 Å². The van der Waals surface area contributed by atoms with Crippen LogP contribution < -0.4 is 9.47 Å². The average molecular weight is 270 g/mol. The number of rotatable bonds is 6. The first-order valence-electron chi connectivity index (χ1n) is 6.54. The number of ketones is 1. The zero-order chi connectivity index (χ0) is 14.4. The highest BCUT2D eigenvalue weighted by Gasteiger charge is 2.12. The monoisotopic (exact) mass is 270 g/mol. The summed E-state index contributed by atoms with van der Waals surface area (Å²) in [5, 5.41) is 0. The van der Waals surface area contributed by atoms with Crippen molar-refractivity contribution in [1.82, 2.24) is 0 Å². The highest BCUT2D eigenvalue weighted by molar-refractivity contribution is 5.96. The quantitative estimate of drug-likeness (QED) is 0.753. The average Bonchev–Trinajstić information content (AvgIpc) is 2.52. The second-order valence-electron chi connectivity index (χ2n) is 4.43. The van der Waals surface area contributed by atoms with Crippen molar-refractivity contribution in [1.29, 1.82) is 0 Å². The highest BCUT2D eigenvalue weighted by atomic mass is 16.5. The van der Waals surface area contributed by atoms with Gasteiger partial charge in [-0.15, -0.1) is 0 Å². The molecule has 2 aromatic carbocycles. The summed E-state index contributed by atoms with van der Waals surface area (Å²) < 4.78 is 10.7. The van der Waals surface area contributed by atoms with E-state index in [4.69, 9.17) is 9.47 Å². The Balaban J connectivity index is 2.13. The minimum atomic E-state index is 0.124. The number of Topliss-reactive ketones (excluding diaryl/α,β-unsaturated/α-hetero) is 1. The zero-order valence-corrected chi connectivity index (χ0v) is 11.8. The van der Waals surface area contributed by atoms with Gasteiger partial charge in [0.05, 0.1) is 14.2 Å². The standard InChI is InChI=1S/C17H18O3/c1-19-16-9-6-10-17(20-2)14(16)11-12-15(18)13-7-4-3-5-8-13/h3-10H,11-12H2,1-2H3. The molecule has 2 aromatic rings. The molecule has 0 amide bonds. The van der Waals surface area contributed by atoms with Crippen LogP contribution in [0.3, 0.4) is 0 Å². The third-order valence-electron chi connectivity index (χ3n) is 3.23. The molecule has 0 spiro atoms. The minimum absolute atomic E-state index is 0.124. The first-order chi connectivity index (χ1) is 9.76. The molecule has 0 saturated heterocycles. The van der Waals surface area contributed by atoms with Gasteiger partial charge < -0.3 is 9.47 Å². The summed E-state index contributed by atoms with van der Waals surface area (Å²) in [6.07, 6.45) is 1.03. The topological polar surface area (TPSA) is 35.5 Å². The fraction of sp³-hybridized carbons (Fsp3) is 0.235. The Kier molecular flexibility index (Phi) is 4.77. The van der Waals surface area contributed by atoms with Crippen LogP contribution in [0, 0.1) is 0 Å². The van der Waals surface area contributed by atoms with E-state index in [-0.39, 0.29) is 5.78 Å². The molecule has 0 bridgehead atoms. The van der Waals surface area contributed by atoms with E-state index in [0.717, 1.165) is 22.6 Å². The molecular formula is C17H18O3. The Morgan fingerprint density at radius 3 is 2.05 bits per heavy atom. The van der Waals surface area contributed by atoms with Crippen molar-refractivity contribution < 1.29 is 14.3 Å². The van der Waals surface area contributed by atoms with Crippen molar-refractivity contribution in [3.8, 4) is 11.5 Å². The van der Waals surface area contributed by atoms with E-state index in [1.807, 2.05) is 48.5 Å². The second-order valence-corrected chi connectivity index (χ2v) is 4.43. The molecule has 2 rings (SSSR count). The molecule has 0 aliphatic carbocycles. The summed E-state index contributed by atoms with van der Waals surface area (Å²) in [4.78, 5) is 12.1. The molecule has 0 heterocycles. The molecule has 0 radical (unpaired) electrons. The lowest BCUT2D eigenvalue weighted by Gasteiger charge is -2.12. The van der Waals surface area contributed by atoms with E-state index in [1.54, 1.807) is 14.2 Å². The number of carbonyl (C=O) groups excluding carboxylic acids is 1. The maximum atomic E-state index is 12.1. The van der Waals surface area contributed by atoms with Crippen molar-refractivity contribution in [3.63, 3.8) is 0 Å². The molecule has 0 aromatic heterocycles. The van der Waals surface area contributed by atoms with Gasteiger partial charge in [-0.25, -0.2) is 0 Å². The van der Waals surface area contributed by atoms with Crippen LogP contribution in [0.4, 0.5) is 0 Å². The Labute approximate surface area is 119 Å². The van der Waals surface area contributed by atoms with Gasteiger partial charge in [0.25, 0.3) is 0 Å². The minimum Gasteiger partial charge on any atom is -0.496 e. The third-order valence-corrected chi connectivity index (χ3v) is 3.23. The molecule has 104 valence electrons. The lowest BCUT2D eigenvalue weighted by molar-refractivity contribution is 0.0982. The predicted octanol–water partition coefficient (Wildman–Crippen LogP) is 3.52. The van der Waals surface area contributed by atoms with Crippen molar-refractivity contribution in [2.24, 2.45) is 0 Å². The molecule has 0 fully saturated rings. The Morgan fingerprint density at radius 2 is 1.50 bits per heavy atom. The van der Waals surface area contributed by atoms with Gasteiger partial charge in [-0.2, -0.15) is 0 Å². The summed E-state index contributed by atoms with van der Waals surface area (Å²) in [6.45, 7) is 0. The van der Waals surface area contributed by atoms with Crippen molar-refractivity contribution in [2.75, 3.05) is 14.2 Å². The lowest BCUT2D eigenvalue weighted by atomic mass is 10.0. The van der Waals surface area contributed by atoms with Gasteiger partial charge in [-0.05, 0) is 18.6 Å². The summed E-state index contributed by atoms with van der Waals surface area (Å²) >= 11 is 0. The van der Waals surface area contributed by atoms with E-state index in [0.29, 0.717) is 12.8 Å². The molecule has 0 aliphatic heterocycles. The Bertz CT molecular complexity index is 554. The number of hydrogen-bond donors (Lipinski definition) is 0. The number of carbonyl (C=O) groups is 1. The number of benzene rings is 2. The van der Waals surface area contributed by atoms with Gasteiger partial charge in [0.2, 0.25) is 0 Å². The van der Waals surface area contributed by atoms with Gasteiger partial charge >= 0.3 is 0 Å². The van der Waals surface area contributed by atoms with Gasteiger partial charge in [-0.1, -0.05) is 36.4 Å². The van der Waals surface area contributed by atoms with Crippen molar-refractivity contribution in [3.05, 3.63) is 59.7 Å². The molecule has 0 unspecified atom stereocenters. The van der Waals surface area contributed by atoms with Gasteiger partial charge in [0, 0.05) is 17.5 Å². The highest BCUT2D eigenvalue weighted by Crippen LogP contribution is 2.29. The summed E-state index contributed by atoms with van der Waals surface area (Å²) in [5.74, 6) is 1.63. The largest absolute Gasteiger partial charge is 0.496 e. The predicted molar refractivity (Wildman–Crippen MR) is 78.6 cm³/mol. The molecule has 0 atom stereocenters. The van der Waals surface area contributed by atoms with E-state index >= 15 is 0 Å². The van der Waals surface area contributed by atoms with Gasteiger partial charge in [0.1, 0.15) is 11.5 Å². The van der Waals surface area contributed by atoms with Crippen molar-refractivity contribution >= 4 is 5.78 Å². The van der Waals surface area contributed by atoms with Crippen LogP contribution in [-0.2, 0) is 6.42 Å². The first kappa shape index (κ1) is 14.1.